The van der Waals surface area contributed by atoms with E-state index in [1.165, 1.54) is 0 Å². The second kappa shape index (κ2) is 11.1. The predicted molar refractivity (Wildman–Crippen MR) is 135 cm³/mol. The van der Waals surface area contributed by atoms with Crippen LogP contribution in [0, 0.1) is 12.3 Å². The Hall–Kier alpha value is -3.45. The van der Waals surface area contributed by atoms with Gasteiger partial charge >= 0.3 is 0 Å². The molecule has 7 heteroatoms. The average molecular weight is 463 g/mol. The van der Waals surface area contributed by atoms with Crippen molar-refractivity contribution in [2.75, 3.05) is 32.1 Å². The number of nitrogens with zero attached hydrogens (tertiary/aromatic N) is 3. The largest absolute Gasteiger partial charge is 0.383 e. The van der Waals surface area contributed by atoms with Crippen molar-refractivity contribution in [2.24, 2.45) is 5.41 Å². The van der Waals surface area contributed by atoms with Crippen molar-refractivity contribution in [3.63, 3.8) is 0 Å². The zero-order valence-electron chi connectivity index (χ0n) is 20.7. The van der Waals surface area contributed by atoms with Gasteiger partial charge in [0.05, 0.1) is 24.5 Å². The molecule has 34 heavy (non-hydrogen) atoms. The van der Waals surface area contributed by atoms with E-state index < -0.39 is 0 Å². The van der Waals surface area contributed by atoms with Crippen LogP contribution >= 0.6 is 0 Å². The van der Waals surface area contributed by atoms with Crippen LogP contribution in [0.2, 0.25) is 0 Å². The third-order valence-corrected chi connectivity index (χ3v) is 5.26. The van der Waals surface area contributed by atoms with E-state index in [1.54, 1.807) is 16.7 Å². The highest BCUT2D eigenvalue weighted by atomic mass is 16.5. The fraction of sp³-hybridized carbons (Fsp3) is 0.370. The quantitative estimate of drug-likeness (QED) is 0.500. The standard InChI is InChI=1S/C27H34N4O3/c1-20-11-13-22(14-12-20)31-24(17-23(29-31)21-9-7-6-8-10-21)28-25(32)19-30(15-16-34-5)26(33)18-27(2,3)4/h6-14,17H,15-16,18-19H2,1-5H3,(H,28,32). The van der Waals surface area contributed by atoms with Crippen molar-refractivity contribution in [1.29, 1.82) is 0 Å². The summed E-state index contributed by atoms with van der Waals surface area (Å²) in [5, 5.41) is 7.71. The Labute approximate surface area is 201 Å². The van der Waals surface area contributed by atoms with E-state index in [2.05, 4.69) is 5.32 Å². The molecule has 2 amide bonds. The minimum Gasteiger partial charge on any atom is -0.383 e. The summed E-state index contributed by atoms with van der Waals surface area (Å²) in [5.74, 6) is 0.186. The van der Waals surface area contributed by atoms with Crippen molar-refractivity contribution >= 4 is 17.6 Å². The molecule has 1 aromatic heterocycles. The third kappa shape index (κ3) is 7.02. The molecular formula is C27H34N4O3. The number of aryl methyl sites for hydroxylation is 1. The number of amides is 2. The minimum absolute atomic E-state index is 0.0575. The molecule has 1 N–H and O–H groups in total. The molecule has 3 aromatic rings. The number of methoxy groups -OCH3 is 1. The number of nitrogens with one attached hydrogen (secondary N) is 1. The molecule has 180 valence electrons. The summed E-state index contributed by atoms with van der Waals surface area (Å²) in [6, 6.07) is 19.6. The van der Waals surface area contributed by atoms with Gasteiger partial charge in [-0.25, -0.2) is 4.68 Å². The molecule has 0 fully saturated rings. The van der Waals surface area contributed by atoms with Gasteiger partial charge < -0.3 is 15.0 Å². The lowest BCUT2D eigenvalue weighted by atomic mass is 9.91. The Bertz CT molecular complexity index is 1100. The van der Waals surface area contributed by atoms with Gasteiger partial charge in [-0.1, -0.05) is 68.8 Å². The molecule has 0 atom stereocenters. The summed E-state index contributed by atoms with van der Waals surface area (Å²) in [6.45, 7) is 8.69. The highest BCUT2D eigenvalue weighted by Gasteiger charge is 2.23. The van der Waals surface area contributed by atoms with Crippen LogP contribution in [0.5, 0.6) is 0 Å². The Balaban J connectivity index is 1.85. The van der Waals surface area contributed by atoms with Crippen LogP contribution in [0.15, 0.2) is 60.7 Å². The average Bonchev–Trinajstić information content (AvgIpc) is 3.20. The van der Waals surface area contributed by atoms with Crippen molar-refractivity contribution < 1.29 is 14.3 Å². The number of ether oxygens (including phenoxy) is 1. The second-order valence-corrected chi connectivity index (χ2v) is 9.62. The van der Waals surface area contributed by atoms with Crippen LogP contribution in [0.3, 0.4) is 0 Å². The molecule has 0 unspecified atom stereocenters. The Kier molecular flexibility index (Phi) is 8.23. The van der Waals surface area contributed by atoms with E-state index in [4.69, 9.17) is 9.84 Å². The molecule has 0 aliphatic carbocycles. The number of hydrogen-bond acceptors (Lipinski definition) is 4. The van der Waals surface area contributed by atoms with Gasteiger partial charge in [0.1, 0.15) is 5.82 Å². The number of carbonyl (C=O) groups excluding carboxylic acids is 2. The number of aromatic nitrogens is 2. The van der Waals surface area contributed by atoms with Gasteiger partial charge in [-0.05, 0) is 24.5 Å². The van der Waals surface area contributed by atoms with Gasteiger partial charge in [0.25, 0.3) is 0 Å². The van der Waals surface area contributed by atoms with E-state index >= 15 is 0 Å². The zero-order valence-corrected chi connectivity index (χ0v) is 20.7. The van der Waals surface area contributed by atoms with Crippen molar-refractivity contribution in [2.45, 2.75) is 34.1 Å². The van der Waals surface area contributed by atoms with Crippen molar-refractivity contribution in [1.82, 2.24) is 14.7 Å². The first kappa shape index (κ1) is 25.2. The summed E-state index contributed by atoms with van der Waals surface area (Å²) in [7, 11) is 1.58. The maximum Gasteiger partial charge on any atom is 0.245 e. The first-order valence-corrected chi connectivity index (χ1v) is 11.5. The van der Waals surface area contributed by atoms with E-state index in [9.17, 15) is 9.59 Å². The molecule has 2 aromatic carbocycles. The highest BCUT2D eigenvalue weighted by Crippen LogP contribution is 2.25. The predicted octanol–water partition coefficient (Wildman–Crippen LogP) is 4.70. The fourth-order valence-corrected chi connectivity index (χ4v) is 3.52. The first-order valence-electron chi connectivity index (χ1n) is 11.5. The smallest absolute Gasteiger partial charge is 0.245 e. The van der Waals surface area contributed by atoms with Gasteiger partial charge in [-0.15, -0.1) is 0 Å². The lowest BCUT2D eigenvalue weighted by Gasteiger charge is -2.26. The second-order valence-electron chi connectivity index (χ2n) is 9.62. The highest BCUT2D eigenvalue weighted by molar-refractivity contribution is 5.94. The van der Waals surface area contributed by atoms with Crippen LogP contribution in [-0.2, 0) is 14.3 Å². The Morgan fingerprint density at radius 3 is 2.35 bits per heavy atom. The summed E-state index contributed by atoms with van der Waals surface area (Å²) in [6.07, 6.45) is 0.351. The van der Waals surface area contributed by atoms with Gasteiger partial charge in [0.15, 0.2) is 0 Å². The molecule has 0 aliphatic heterocycles. The topological polar surface area (TPSA) is 76.5 Å². The molecule has 0 saturated carbocycles. The van der Waals surface area contributed by atoms with Crippen LogP contribution in [0.1, 0.15) is 32.8 Å². The molecular weight excluding hydrogens is 428 g/mol. The number of rotatable bonds is 9. The van der Waals surface area contributed by atoms with Gasteiger partial charge in [-0.2, -0.15) is 5.10 Å². The number of anilines is 1. The maximum absolute atomic E-state index is 13.1. The lowest BCUT2D eigenvalue weighted by molar-refractivity contribution is -0.136. The zero-order chi connectivity index (χ0) is 24.7. The third-order valence-electron chi connectivity index (χ3n) is 5.26. The van der Waals surface area contributed by atoms with Crippen LogP contribution in [0.4, 0.5) is 5.82 Å². The summed E-state index contributed by atoms with van der Waals surface area (Å²) in [4.78, 5) is 27.4. The van der Waals surface area contributed by atoms with Gasteiger partial charge in [0, 0.05) is 31.7 Å². The molecule has 0 bridgehead atoms. The number of carbonyl (C=O) groups is 2. The molecule has 1 heterocycles. The van der Waals surface area contributed by atoms with E-state index in [0.717, 1.165) is 22.5 Å². The van der Waals surface area contributed by atoms with E-state index in [0.29, 0.717) is 25.4 Å². The summed E-state index contributed by atoms with van der Waals surface area (Å²) < 4.78 is 6.87. The van der Waals surface area contributed by atoms with E-state index in [-0.39, 0.29) is 23.8 Å². The molecule has 3 rings (SSSR count). The molecule has 0 saturated heterocycles. The molecule has 0 aliphatic rings. The normalized spacial score (nSPS) is 11.3. The van der Waals surface area contributed by atoms with E-state index in [1.807, 2.05) is 88.4 Å². The van der Waals surface area contributed by atoms with Crippen molar-refractivity contribution in [3.05, 3.63) is 66.2 Å². The molecule has 7 nitrogen and oxygen atoms in total. The Morgan fingerprint density at radius 2 is 1.74 bits per heavy atom. The number of benzene rings is 2. The van der Waals surface area contributed by atoms with Crippen LogP contribution < -0.4 is 5.32 Å². The van der Waals surface area contributed by atoms with Crippen LogP contribution in [0.25, 0.3) is 16.9 Å². The van der Waals surface area contributed by atoms with Gasteiger partial charge in [0.2, 0.25) is 11.8 Å². The van der Waals surface area contributed by atoms with Crippen LogP contribution in [-0.4, -0.2) is 53.3 Å². The van der Waals surface area contributed by atoms with Gasteiger partial charge in [-0.3, -0.25) is 9.59 Å². The molecule has 0 spiro atoms. The summed E-state index contributed by atoms with van der Waals surface area (Å²) in [5.41, 5.74) is 3.49. The first-order chi connectivity index (χ1) is 16.2. The Morgan fingerprint density at radius 1 is 1.06 bits per heavy atom. The summed E-state index contributed by atoms with van der Waals surface area (Å²) >= 11 is 0. The lowest BCUT2D eigenvalue weighted by Crippen LogP contribution is -2.41. The van der Waals surface area contributed by atoms with Crippen molar-refractivity contribution in [3.8, 4) is 16.9 Å². The fourth-order valence-electron chi connectivity index (χ4n) is 3.52. The monoisotopic (exact) mass is 462 g/mol. The number of hydrogen-bond donors (Lipinski definition) is 1. The molecule has 0 radical (unpaired) electrons. The maximum atomic E-state index is 13.1. The SMILES string of the molecule is COCCN(CC(=O)Nc1cc(-c2ccccc2)nn1-c1ccc(C)cc1)C(=O)CC(C)(C)C. The minimum atomic E-state index is -0.286.